The Morgan fingerprint density at radius 3 is 2.93 bits per heavy atom. The lowest BCUT2D eigenvalue weighted by Gasteiger charge is -2.17. The molecule has 14 heavy (non-hydrogen) atoms. The molecule has 1 heterocycles. The van der Waals surface area contributed by atoms with Crippen molar-refractivity contribution in [3.05, 3.63) is 17.5 Å². The Morgan fingerprint density at radius 2 is 2.36 bits per heavy atom. The number of hydrogen-bond acceptors (Lipinski definition) is 3. The lowest BCUT2D eigenvalue weighted by molar-refractivity contribution is 0.718. The van der Waals surface area contributed by atoms with Gasteiger partial charge in [0.2, 0.25) is 5.28 Å². The van der Waals surface area contributed by atoms with E-state index in [9.17, 15) is 0 Å². The first-order chi connectivity index (χ1) is 6.66. The van der Waals surface area contributed by atoms with Crippen LogP contribution in [0.15, 0.2) is 12.3 Å². The molecule has 1 fully saturated rings. The van der Waals surface area contributed by atoms with E-state index >= 15 is 0 Å². The zero-order chi connectivity index (χ0) is 10.1. The molecule has 0 aliphatic heterocycles. The highest BCUT2D eigenvalue weighted by atomic mass is 35.5. The fourth-order valence-electron chi connectivity index (χ4n) is 1.64. The molecule has 0 bridgehead atoms. The average Bonchev–Trinajstić information content (AvgIpc) is 2.81. The summed E-state index contributed by atoms with van der Waals surface area (Å²) in [6, 6.07) is 1.89. The van der Waals surface area contributed by atoms with E-state index in [1.165, 1.54) is 6.42 Å². The van der Waals surface area contributed by atoms with Crippen molar-refractivity contribution in [2.45, 2.75) is 13.3 Å². The number of halogens is 1. The summed E-state index contributed by atoms with van der Waals surface area (Å²) in [5, 5.41) is 0.318. The third-order valence-corrected chi connectivity index (χ3v) is 2.97. The Kier molecular flexibility index (Phi) is 2.59. The summed E-state index contributed by atoms with van der Waals surface area (Å²) in [5.41, 5.74) is 0. The standard InChI is InChI=1S/C10H14ClN3/c1-7-5-8(7)6-14(2)9-3-4-12-10(11)13-9/h3-4,7-8H,5-6H2,1-2H3. The van der Waals surface area contributed by atoms with Crippen molar-refractivity contribution in [3.63, 3.8) is 0 Å². The van der Waals surface area contributed by atoms with Crippen LogP contribution in [-0.4, -0.2) is 23.6 Å². The fourth-order valence-corrected chi connectivity index (χ4v) is 1.78. The Morgan fingerprint density at radius 1 is 1.64 bits per heavy atom. The molecule has 0 aromatic carbocycles. The van der Waals surface area contributed by atoms with Gasteiger partial charge >= 0.3 is 0 Å². The first-order valence-corrected chi connectivity index (χ1v) is 5.24. The molecule has 2 unspecified atom stereocenters. The minimum absolute atomic E-state index is 0.318. The van der Waals surface area contributed by atoms with Crippen LogP contribution in [-0.2, 0) is 0 Å². The van der Waals surface area contributed by atoms with Crippen molar-refractivity contribution in [2.75, 3.05) is 18.5 Å². The van der Waals surface area contributed by atoms with E-state index in [1.54, 1.807) is 6.20 Å². The Balaban J connectivity index is 2.00. The SMILES string of the molecule is CC1CC1CN(C)c1ccnc(Cl)n1. The molecule has 0 radical (unpaired) electrons. The highest BCUT2D eigenvalue weighted by Crippen LogP contribution is 2.38. The Labute approximate surface area is 89.1 Å². The molecule has 1 aliphatic rings. The predicted molar refractivity (Wildman–Crippen MR) is 57.6 cm³/mol. The van der Waals surface area contributed by atoms with Crippen molar-refractivity contribution >= 4 is 17.4 Å². The van der Waals surface area contributed by atoms with Crippen molar-refractivity contribution in [1.29, 1.82) is 0 Å². The maximum Gasteiger partial charge on any atom is 0.224 e. The number of hydrogen-bond donors (Lipinski definition) is 0. The molecular weight excluding hydrogens is 198 g/mol. The van der Waals surface area contributed by atoms with Gasteiger partial charge in [-0.05, 0) is 35.9 Å². The van der Waals surface area contributed by atoms with Gasteiger partial charge in [0.15, 0.2) is 0 Å². The molecule has 4 heteroatoms. The van der Waals surface area contributed by atoms with Crippen LogP contribution in [0.25, 0.3) is 0 Å². The average molecular weight is 212 g/mol. The van der Waals surface area contributed by atoms with Gasteiger partial charge in [0, 0.05) is 19.8 Å². The van der Waals surface area contributed by atoms with Gasteiger partial charge in [-0.3, -0.25) is 0 Å². The molecule has 0 saturated heterocycles. The molecule has 1 saturated carbocycles. The van der Waals surface area contributed by atoms with Crippen LogP contribution in [0.2, 0.25) is 5.28 Å². The van der Waals surface area contributed by atoms with Crippen LogP contribution < -0.4 is 4.90 Å². The molecule has 0 amide bonds. The van der Waals surface area contributed by atoms with Gasteiger partial charge in [-0.1, -0.05) is 6.92 Å². The van der Waals surface area contributed by atoms with E-state index in [0.29, 0.717) is 5.28 Å². The zero-order valence-corrected chi connectivity index (χ0v) is 9.20. The number of aromatic nitrogens is 2. The topological polar surface area (TPSA) is 29.0 Å². The molecule has 76 valence electrons. The van der Waals surface area contributed by atoms with E-state index in [4.69, 9.17) is 11.6 Å². The quantitative estimate of drug-likeness (QED) is 0.718. The molecule has 2 atom stereocenters. The van der Waals surface area contributed by atoms with Crippen LogP contribution in [0.3, 0.4) is 0 Å². The van der Waals surface area contributed by atoms with Gasteiger partial charge in [-0.25, -0.2) is 9.97 Å². The largest absolute Gasteiger partial charge is 0.359 e. The minimum Gasteiger partial charge on any atom is -0.359 e. The van der Waals surface area contributed by atoms with Crippen molar-refractivity contribution in [1.82, 2.24) is 9.97 Å². The highest BCUT2D eigenvalue weighted by molar-refractivity contribution is 6.28. The molecule has 3 nitrogen and oxygen atoms in total. The third kappa shape index (κ3) is 2.15. The lowest BCUT2D eigenvalue weighted by atomic mass is 10.3. The van der Waals surface area contributed by atoms with Crippen LogP contribution in [0.4, 0.5) is 5.82 Å². The summed E-state index contributed by atoms with van der Waals surface area (Å²) in [7, 11) is 2.05. The van der Waals surface area contributed by atoms with E-state index < -0.39 is 0 Å². The third-order valence-electron chi connectivity index (χ3n) is 2.79. The van der Waals surface area contributed by atoms with Gasteiger partial charge < -0.3 is 4.90 Å². The van der Waals surface area contributed by atoms with Crippen LogP contribution >= 0.6 is 11.6 Å². The second-order valence-corrected chi connectivity index (χ2v) is 4.38. The smallest absolute Gasteiger partial charge is 0.224 e. The summed E-state index contributed by atoms with van der Waals surface area (Å²) in [6.07, 6.45) is 3.03. The van der Waals surface area contributed by atoms with Gasteiger partial charge in [0.25, 0.3) is 0 Å². The Hall–Kier alpha value is -0.830. The maximum absolute atomic E-state index is 5.72. The molecule has 1 aromatic heterocycles. The van der Waals surface area contributed by atoms with Crippen molar-refractivity contribution in [3.8, 4) is 0 Å². The van der Waals surface area contributed by atoms with Crippen molar-refractivity contribution in [2.24, 2.45) is 11.8 Å². The molecule has 0 spiro atoms. The zero-order valence-electron chi connectivity index (χ0n) is 8.44. The summed E-state index contributed by atoms with van der Waals surface area (Å²) in [4.78, 5) is 10.2. The van der Waals surface area contributed by atoms with Gasteiger partial charge in [-0.15, -0.1) is 0 Å². The number of anilines is 1. The predicted octanol–water partition coefficient (Wildman–Crippen LogP) is 2.22. The first kappa shape index (κ1) is 9.71. The van der Waals surface area contributed by atoms with E-state index in [-0.39, 0.29) is 0 Å². The summed E-state index contributed by atoms with van der Waals surface area (Å²) < 4.78 is 0. The maximum atomic E-state index is 5.72. The van der Waals surface area contributed by atoms with E-state index in [0.717, 1.165) is 24.2 Å². The normalized spacial score (nSPS) is 24.8. The summed E-state index contributed by atoms with van der Waals surface area (Å²) in [6.45, 7) is 3.35. The molecule has 2 rings (SSSR count). The minimum atomic E-state index is 0.318. The second-order valence-electron chi connectivity index (χ2n) is 4.04. The summed E-state index contributed by atoms with van der Waals surface area (Å²) >= 11 is 5.72. The van der Waals surface area contributed by atoms with Gasteiger partial charge in [0.05, 0.1) is 0 Å². The Bertz CT molecular complexity index is 329. The first-order valence-electron chi connectivity index (χ1n) is 4.86. The number of rotatable bonds is 3. The molecule has 1 aliphatic carbocycles. The number of nitrogens with zero attached hydrogens (tertiary/aromatic N) is 3. The second kappa shape index (κ2) is 3.73. The van der Waals surface area contributed by atoms with E-state index in [2.05, 4.69) is 21.8 Å². The van der Waals surface area contributed by atoms with Crippen LogP contribution in [0.1, 0.15) is 13.3 Å². The molecular formula is C10H14ClN3. The fraction of sp³-hybridized carbons (Fsp3) is 0.600. The van der Waals surface area contributed by atoms with E-state index in [1.807, 2.05) is 13.1 Å². The van der Waals surface area contributed by atoms with Crippen LogP contribution in [0, 0.1) is 11.8 Å². The molecule has 1 aromatic rings. The van der Waals surface area contributed by atoms with Gasteiger partial charge in [-0.2, -0.15) is 0 Å². The monoisotopic (exact) mass is 211 g/mol. The van der Waals surface area contributed by atoms with Crippen LogP contribution in [0.5, 0.6) is 0 Å². The molecule has 0 N–H and O–H groups in total. The van der Waals surface area contributed by atoms with Gasteiger partial charge in [0.1, 0.15) is 5.82 Å². The highest BCUT2D eigenvalue weighted by Gasteiger charge is 2.33. The summed E-state index contributed by atoms with van der Waals surface area (Å²) in [5.74, 6) is 2.60. The van der Waals surface area contributed by atoms with Crippen molar-refractivity contribution < 1.29 is 0 Å². The lowest BCUT2D eigenvalue weighted by Crippen LogP contribution is -2.21.